The van der Waals surface area contributed by atoms with Crippen LogP contribution in [-0.4, -0.2) is 54.0 Å². The first-order chi connectivity index (χ1) is 10.2. The average molecular weight is 291 g/mol. The summed E-state index contributed by atoms with van der Waals surface area (Å²) in [7, 11) is 0. The van der Waals surface area contributed by atoms with Crippen molar-refractivity contribution in [2.75, 3.05) is 26.2 Å². The Morgan fingerprint density at radius 3 is 2.43 bits per heavy atom. The Morgan fingerprint density at radius 1 is 1.10 bits per heavy atom. The van der Waals surface area contributed by atoms with Gasteiger partial charge in [-0.3, -0.25) is 4.79 Å². The van der Waals surface area contributed by atoms with Crippen LogP contribution in [0.15, 0.2) is 22.8 Å². The molecule has 0 spiro atoms. The highest BCUT2D eigenvalue weighted by molar-refractivity contribution is 5.91. The molecule has 1 aromatic heterocycles. The topological polar surface area (TPSA) is 65.8 Å². The predicted octanol–water partition coefficient (Wildman–Crippen LogP) is 1.69. The van der Waals surface area contributed by atoms with Crippen molar-refractivity contribution in [1.29, 1.82) is 0 Å². The Bertz CT molecular complexity index is 486. The average Bonchev–Trinajstić information content (AvgIpc) is 3.20. The van der Waals surface area contributed by atoms with Gasteiger partial charge in [0.15, 0.2) is 5.76 Å². The fourth-order valence-electron chi connectivity index (χ4n) is 2.97. The molecule has 2 saturated heterocycles. The summed E-state index contributed by atoms with van der Waals surface area (Å²) in [6.45, 7) is 3.04. The third-order valence-electron chi connectivity index (χ3n) is 4.24. The number of nitrogens with one attached hydrogen (secondary N) is 1. The minimum atomic E-state index is -0.0654. The Labute approximate surface area is 124 Å². The van der Waals surface area contributed by atoms with Gasteiger partial charge in [-0.25, -0.2) is 4.79 Å². The van der Waals surface area contributed by atoms with Crippen LogP contribution in [0.5, 0.6) is 0 Å². The van der Waals surface area contributed by atoms with Gasteiger partial charge < -0.3 is 19.5 Å². The van der Waals surface area contributed by atoms with Crippen LogP contribution < -0.4 is 5.32 Å². The number of amides is 3. The quantitative estimate of drug-likeness (QED) is 0.901. The minimum absolute atomic E-state index is 0.0447. The Balaban J connectivity index is 1.46. The van der Waals surface area contributed by atoms with Crippen LogP contribution in [0.1, 0.15) is 36.2 Å². The molecule has 6 heteroatoms. The Kier molecular flexibility index (Phi) is 4.13. The second-order valence-corrected chi connectivity index (χ2v) is 5.69. The number of carbonyl (C=O) groups excluding carboxylic acids is 2. The van der Waals surface area contributed by atoms with E-state index in [2.05, 4.69) is 5.32 Å². The molecule has 2 aliphatic heterocycles. The van der Waals surface area contributed by atoms with E-state index in [1.165, 1.54) is 6.26 Å². The summed E-state index contributed by atoms with van der Waals surface area (Å²) in [4.78, 5) is 27.8. The zero-order chi connectivity index (χ0) is 14.7. The summed E-state index contributed by atoms with van der Waals surface area (Å²) in [6.07, 6.45) is 5.31. The van der Waals surface area contributed by atoms with Gasteiger partial charge in [0.2, 0.25) is 0 Å². The second-order valence-electron chi connectivity index (χ2n) is 5.69. The SMILES string of the molecule is O=C(NC1CCN(C(=O)c2ccco2)CC1)N1CCCC1. The standard InChI is InChI=1S/C15H21N3O3/c19-14(13-4-3-11-21-13)17-9-5-12(6-10-17)16-15(20)18-7-1-2-8-18/h3-4,11-12H,1-2,5-10H2,(H,16,20). The molecule has 3 amide bonds. The fraction of sp³-hybridized carbons (Fsp3) is 0.600. The maximum Gasteiger partial charge on any atom is 0.317 e. The van der Waals surface area contributed by atoms with Gasteiger partial charge >= 0.3 is 6.03 Å². The van der Waals surface area contributed by atoms with Gasteiger partial charge in [0.25, 0.3) is 5.91 Å². The number of piperidine rings is 1. The molecule has 1 N–H and O–H groups in total. The summed E-state index contributed by atoms with van der Waals surface area (Å²) in [5.41, 5.74) is 0. The molecular formula is C15H21N3O3. The van der Waals surface area contributed by atoms with E-state index < -0.39 is 0 Å². The third-order valence-corrected chi connectivity index (χ3v) is 4.24. The first kappa shape index (κ1) is 14.0. The van der Waals surface area contributed by atoms with Crippen molar-refractivity contribution in [2.24, 2.45) is 0 Å². The van der Waals surface area contributed by atoms with E-state index in [-0.39, 0.29) is 18.0 Å². The highest BCUT2D eigenvalue weighted by Gasteiger charge is 2.27. The molecule has 0 aliphatic carbocycles. The van der Waals surface area contributed by atoms with Gasteiger partial charge in [-0.2, -0.15) is 0 Å². The van der Waals surface area contributed by atoms with E-state index in [0.717, 1.165) is 38.8 Å². The molecule has 0 aromatic carbocycles. The largest absolute Gasteiger partial charge is 0.459 e. The van der Waals surface area contributed by atoms with Crippen LogP contribution in [0.25, 0.3) is 0 Å². The van der Waals surface area contributed by atoms with Crippen molar-refractivity contribution in [3.8, 4) is 0 Å². The molecule has 2 fully saturated rings. The summed E-state index contributed by atoms with van der Waals surface area (Å²) < 4.78 is 5.14. The van der Waals surface area contributed by atoms with Crippen LogP contribution in [0.3, 0.4) is 0 Å². The molecule has 114 valence electrons. The first-order valence-corrected chi connectivity index (χ1v) is 7.62. The lowest BCUT2D eigenvalue weighted by atomic mass is 10.0. The first-order valence-electron chi connectivity index (χ1n) is 7.62. The summed E-state index contributed by atoms with van der Waals surface area (Å²) in [5.74, 6) is 0.318. The van der Waals surface area contributed by atoms with Crippen molar-refractivity contribution < 1.29 is 14.0 Å². The Morgan fingerprint density at radius 2 is 1.81 bits per heavy atom. The third kappa shape index (κ3) is 3.20. The molecule has 2 aliphatic rings. The van der Waals surface area contributed by atoms with Crippen LogP contribution >= 0.6 is 0 Å². The number of carbonyl (C=O) groups is 2. The summed E-state index contributed by atoms with van der Waals surface area (Å²) in [6, 6.07) is 3.61. The number of urea groups is 1. The highest BCUT2D eigenvalue weighted by Crippen LogP contribution is 2.15. The molecule has 0 unspecified atom stereocenters. The monoisotopic (exact) mass is 291 g/mol. The molecule has 3 heterocycles. The van der Waals surface area contributed by atoms with Crippen LogP contribution in [0.4, 0.5) is 4.79 Å². The van der Waals surface area contributed by atoms with Crippen LogP contribution in [0, 0.1) is 0 Å². The van der Waals surface area contributed by atoms with Gasteiger partial charge in [0.05, 0.1) is 6.26 Å². The molecule has 21 heavy (non-hydrogen) atoms. The van der Waals surface area contributed by atoms with Crippen molar-refractivity contribution in [1.82, 2.24) is 15.1 Å². The lowest BCUT2D eigenvalue weighted by Crippen LogP contribution is -2.49. The number of hydrogen-bond acceptors (Lipinski definition) is 3. The van der Waals surface area contributed by atoms with E-state index in [0.29, 0.717) is 18.8 Å². The zero-order valence-electron chi connectivity index (χ0n) is 12.1. The minimum Gasteiger partial charge on any atom is -0.459 e. The van der Waals surface area contributed by atoms with Gasteiger partial charge in [-0.15, -0.1) is 0 Å². The molecule has 0 bridgehead atoms. The summed E-state index contributed by atoms with van der Waals surface area (Å²) in [5, 5.41) is 3.08. The van der Waals surface area contributed by atoms with Gasteiger partial charge in [-0.1, -0.05) is 0 Å². The number of hydrogen-bond donors (Lipinski definition) is 1. The van der Waals surface area contributed by atoms with Crippen molar-refractivity contribution in [3.63, 3.8) is 0 Å². The normalized spacial score (nSPS) is 19.8. The second kappa shape index (κ2) is 6.20. The van der Waals surface area contributed by atoms with E-state index in [1.807, 2.05) is 4.90 Å². The molecule has 0 radical (unpaired) electrons. The molecule has 0 atom stereocenters. The lowest BCUT2D eigenvalue weighted by molar-refractivity contribution is 0.0674. The van der Waals surface area contributed by atoms with Crippen LogP contribution in [0.2, 0.25) is 0 Å². The number of nitrogens with zero attached hydrogens (tertiary/aromatic N) is 2. The van der Waals surface area contributed by atoms with Gasteiger partial charge in [0, 0.05) is 32.2 Å². The van der Waals surface area contributed by atoms with Crippen molar-refractivity contribution in [3.05, 3.63) is 24.2 Å². The van der Waals surface area contributed by atoms with E-state index in [4.69, 9.17) is 4.42 Å². The summed E-state index contributed by atoms with van der Waals surface area (Å²) >= 11 is 0. The lowest BCUT2D eigenvalue weighted by Gasteiger charge is -2.32. The van der Waals surface area contributed by atoms with E-state index >= 15 is 0 Å². The number of likely N-dealkylation sites (tertiary alicyclic amines) is 2. The maximum absolute atomic E-state index is 12.1. The van der Waals surface area contributed by atoms with E-state index in [9.17, 15) is 9.59 Å². The zero-order valence-corrected chi connectivity index (χ0v) is 12.1. The van der Waals surface area contributed by atoms with Gasteiger partial charge in [0.1, 0.15) is 0 Å². The molecule has 6 nitrogen and oxygen atoms in total. The van der Waals surface area contributed by atoms with Gasteiger partial charge in [-0.05, 0) is 37.8 Å². The molecule has 3 rings (SSSR count). The number of furan rings is 1. The maximum atomic E-state index is 12.1. The molecular weight excluding hydrogens is 270 g/mol. The van der Waals surface area contributed by atoms with Crippen LogP contribution in [-0.2, 0) is 0 Å². The predicted molar refractivity (Wildman–Crippen MR) is 77.0 cm³/mol. The number of rotatable bonds is 2. The smallest absolute Gasteiger partial charge is 0.317 e. The highest BCUT2D eigenvalue weighted by atomic mass is 16.3. The Hall–Kier alpha value is -1.98. The van der Waals surface area contributed by atoms with Crippen molar-refractivity contribution in [2.45, 2.75) is 31.7 Å². The van der Waals surface area contributed by atoms with Crippen molar-refractivity contribution >= 4 is 11.9 Å². The fourth-order valence-corrected chi connectivity index (χ4v) is 2.97. The van der Waals surface area contributed by atoms with E-state index in [1.54, 1.807) is 17.0 Å². The molecule has 1 aromatic rings. The molecule has 0 saturated carbocycles.